The number of halogens is 1. The zero-order valence-corrected chi connectivity index (χ0v) is 14.2. The molecule has 1 atom stereocenters. The number of aromatic nitrogens is 1. The number of carbonyl (C=O) groups excluding carboxylic acids is 1. The van der Waals surface area contributed by atoms with E-state index in [4.69, 9.17) is 9.47 Å². The van der Waals surface area contributed by atoms with E-state index in [0.29, 0.717) is 19.0 Å². The number of pyridine rings is 1. The van der Waals surface area contributed by atoms with Crippen LogP contribution in [0.1, 0.15) is 33.6 Å². The molecule has 7 heteroatoms. The smallest absolute Gasteiger partial charge is 0.407 e. The fourth-order valence-corrected chi connectivity index (χ4v) is 1.95. The second-order valence-corrected chi connectivity index (χ2v) is 6.21. The summed E-state index contributed by atoms with van der Waals surface area (Å²) in [6.45, 7) is 6.41. The molecule has 130 valence electrons. The molecule has 0 bridgehead atoms. The first-order valence-corrected chi connectivity index (χ1v) is 7.65. The lowest BCUT2D eigenvalue weighted by Gasteiger charge is -2.21. The van der Waals surface area contributed by atoms with E-state index in [1.54, 1.807) is 19.2 Å². The first kappa shape index (κ1) is 19.2. The van der Waals surface area contributed by atoms with Crippen LogP contribution in [-0.4, -0.2) is 43.0 Å². The van der Waals surface area contributed by atoms with Gasteiger partial charge >= 0.3 is 6.09 Å². The summed E-state index contributed by atoms with van der Waals surface area (Å²) in [5.74, 6) is -0.0649. The normalized spacial score (nSPS) is 12.6. The van der Waals surface area contributed by atoms with Crippen molar-refractivity contribution in [3.63, 3.8) is 0 Å². The predicted octanol–water partition coefficient (Wildman–Crippen LogP) is 2.95. The highest BCUT2D eigenvalue weighted by atomic mass is 19.1. The number of nitrogens with one attached hydrogen (secondary N) is 2. The number of hydrogen-bond donors (Lipinski definition) is 2. The quantitative estimate of drug-likeness (QED) is 0.567. The van der Waals surface area contributed by atoms with E-state index in [9.17, 15) is 9.18 Å². The molecule has 23 heavy (non-hydrogen) atoms. The molecule has 0 aliphatic rings. The number of carbonyl (C=O) groups is 1. The third-order valence-electron chi connectivity index (χ3n) is 2.83. The lowest BCUT2D eigenvalue weighted by Crippen LogP contribution is -2.34. The lowest BCUT2D eigenvalue weighted by atomic mass is 10.1. The largest absolute Gasteiger partial charge is 0.444 e. The summed E-state index contributed by atoms with van der Waals surface area (Å²) < 4.78 is 23.4. The van der Waals surface area contributed by atoms with Crippen LogP contribution in [0.3, 0.4) is 0 Å². The molecule has 0 aliphatic carbocycles. The Morgan fingerprint density at radius 1 is 1.39 bits per heavy atom. The van der Waals surface area contributed by atoms with Gasteiger partial charge in [-0.05, 0) is 45.7 Å². The van der Waals surface area contributed by atoms with E-state index in [2.05, 4.69) is 15.6 Å². The van der Waals surface area contributed by atoms with Crippen LogP contribution in [0.2, 0.25) is 0 Å². The Balaban J connectivity index is 2.35. The average molecular weight is 327 g/mol. The van der Waals surface area contributed by atoms with E-state index >= 15 is 0 Å². The van der Waals surface area contributed by atoms with Gasteiger partial charge in [0.05, 0.1) is 12.6 Å². The molecule has 1 aromatic rings. The molecule has 0 fully saturated rings. The number of hydrogen-bond acceptors (Lipinski definition) is 5. The van der Waals surface area contributed by atoms with Gasteiger partial charge in [-0.25, -0.2) is 9.78 Å². The Hall–Kier alpha value is -1.89. The molecule has 0 aromatic carbocycles. The van der Waals surface area contributed by atoms with Crippen LogP contribution in [0.25, 0.3) is 0 Å². The Kier molecular flexibility index (Phi) is 7.74. The maximum Gasteiger partial charge on any atom is 0.407 e. The van der Waals surface area contributed by atoms with Crippen LogP contribution >= 0.6 is 0 Å². The Morgan fingerprint density at radius 3 is 2.74 bits per heavy atom. The van der Waals surface area contributed by atoms with Gasteiger partial charge in [0, 0.05) is 13.7 Å². The highest BCUT2D eigenvalue weighted by Crippen LogP contribution is 2.09. The zero-order valence-electron chi connectivity index (χ0n) is 14.2. The molecule has 1 rings (SSSR count). The van der Waals surface area contributed by atoms with Crippen molar-refractivity contribution in [1.82, 2.24) is 10.3 Å². The van der Waals surface area contributed by atoms with Crippen LogP contribution in [0.4, 0.5) is 15.0 Å². The van der Waals surface area contributed by atoms with Crippen molar-refractivity contribution in [1.29, 1.82) is 0 Å². The number of alkyl carbamates (subject to hydrolysis) is 1. The second-order valence-electron chi connectivity index (χ2n) is 6.21. The first-order valence-electron chi connectivity index (χ1n) is 7.65. The maximum atomic E-state index is 13.1. The van der Waals surface area contributed by atoms with Crippen molar-refractivity contribution in [3.05, 3.63) is 24.1 Å². The standard InChI is InChI=1S/C16H26FN3O3/c1-16(2,3)23-15(21)18-10-6-7-12(11-22-4)19-14-9-5-8-13(17)20-14/h5,8-9,12H,6-7,10-11H2,1-4H3,(H,18,21)(H,19,20). The summed E-state index contributed by atoms with van der Waals surface area (Å²) in [6, 6.07) is 4.57. The third-order valence-corrected chi connectivity index (χ3v) is 2.83. The minimum atomic E-state index is -0.530. The van der Waals surface area contributed by atoms with Gasteiger partial charge in [0.25, 0.3) is 0 Å². The van der Waals surface area contributed by atoms with E-state index in [1.165, 1.54) is 6.07 Å². The lowest BCUT2D eigenvalue weighted by molar-refractivity contribution is 0.0526. The number of ether oxygens (including phenoxy) is 2. The summed E-state index contributed by atoms with van der Waals surface area (Å²) in [4.78, 5) is 15.3. The predicted molar refractivity (Wildman–Crippen MR) is 87.0 cm³/mol. The number of nitrogens with zero attached hydrogens (tertiary/aromatic N) is 1. The molecule has 2 N–H and O–H groups in total. The van der Waals surface area contributed by atoms with E-state index in [-0.39, 0.29) is 6.04 Å². The number of amides is 1. The molecule has 0 spiro atoms. The van der Waals surface area contributed by atoms with Crippen molar-refractivity contribution in [2.24, 2.45) is 0 Å². The second kappa shape index (κ2) is 9.29. The third kappa shape index (κ3) is 8.97. The van der Waals surface area contributed by atoms with Crippen LogP contribution in [0.15, 0.2) is 18.2 Å². The summed E-state index contributed by atoms with van der Waals surface area (Å²) in [5.41, 5.74) is -0.507. The average Bonchev–Trinajstić information content (AvgIpc) is 2.42. The van der Waals surface area contributed by atoms with Crippen molar-refractivity contribution in [2.45, 2.75) is 45.3 Å². The Morgan fingerprint density at radius 2 is 2.13 bits per heavy atom. The molecule has 1 unspecified atom stereocenters. The van der Waals surface area contributed by atoms with Gasteiger partial charge in [-0.15, -0.1) is 0 Å². The molecule has 0 saturated heterocycles. The van der Waals surface area contributed by atoms with Gasteiger partial charge < -0.3 is 20.1 Å². The van der Waals surface area contributed by atoms with Crippen LogP contribution in [-0.2, 0) is 9.47 Å². The van der Waals surface area contributed by atoms with Gasteiger partial charge in [-0.2, -0.15) is 4.39 Å². The summed E-state index contributed by atoms with van der Waals surface area (Å²) >= 11 is 0. The molecule has 0 radical (unpaired) electrons. The van der Waals surface area contributed by atoms with Gasteiger partial charge in [0.2, 0.25) is 5.95 Å². The minimum Gasteiger partial charge on any atom is -0.444 e. The van der Waals surface area contributed by atoms with Crippen molar-refractivity contribution in [3.8, 4) is 0 Å². The summed E-state index contributed by atoms with van der Waals surface area (Å²) in [5, 5.41) is 5.83. The molecule has 6 nitrogen and oxygen atoms in total. The fraction of sp³-hybridized carbons (Fsp3) is 0.625. The van der Waals surface area contributed by atoms with E-state index < -0.39 is 17.6 Å². The van der Waals surface area contributed by atoms with Gasteiger partial charge in [-0.1, -0.05) is 6.07 Å². The van der Waals surface area contributed by atoms with Crippen molar-refractivity contribution in [2.75, 3.05) is 25.6 Å². The van der Waals surface area contributed by atoms with E-state index in [1.807, 2.05) is 20.8 Å². The first-order chi connectivity index (χ1) is 10.8. The van der Waals surface area contributed by atoms with Crippen LogP contribution in [0, 0.1) is 5.95 Å². The molecule has 1 heterocycles. The van der Waals surface area contributed by atoms with Gasteiger partial charge in [-0.3, -0.25) is 0 Å². The Labute approximate surface area is 136 Å². The van der Waals surface area contributed by atoms with Crippen molar-refractivity contribution >= 4 is 11.9 Å². The highest BCUT2D eigenvalue weighted by Gasteiger charge is 2.16. The van der Waals surface area contributed by atoms with Crippen molar-refractivity contribution < 1.29 is 18.7 Å². The zero-order chi connectivity index (χ0) is 17.3. The molecule has 1 aromatic heterocycles. The number of rotatable bonds is 8. The SMILES string of the molecule is COCC(CCCNC(=O)OC(C)(C)C)Nc1cccc(F)n1. The Bertz CT molecular complexity index is 492. The number of anilines is 1. The van der Waals surface area contributed by atoms with Gasteiger partial charge in [0.15, 0.2) is 0 Å². The van der Waals surface area contributed by atoms with Crippen LogP contribution < -0.4 is 10.6 Å². The fourth-order valence-electron chi connectivity index (χ4n) is 1.95. The minimum absolute atomic E-state index is 0.0188. The highest BCUT2D eigenvalue weighted by molar-refractivity contribution is 5.67. The van der Waals surface area contributed by atoms with Gasteiger partial charge in [0.1, 0.15) is 11.4 Å². The summed E-state index contributed by atoms with van der Waals surface area (Å²) in [6.07, 6.45) is 1.04. The maximum absolute atomic E-state index is 13.1. The van der Waals surface area contributed by atoms with Crippen LogP contribution in [0.5, 0.6) is 0 Å². The molecular weight excluding hydrogens is 301 g/mol. The monoisotopic (exact) mass is 327 g/mol. The topological polar surface area (TPSA) is 72.5 Å². The molecule has 1 amide bonds. The molecular formula is C16H26FN3O3. The van der Waals surface area contributed by atoms with E-state index in [0.717, 1.165) is 12.8 Å². The molecule has 0 aliphatic heterocycles. The molecule has 0 saturated carbocycles. The summed E-state index contributed by atoms with van der Waals surface area (Å²) in [7, 11) is 1.60. The number of methoxy groups -OCH3 is 1.